The molecular formula is C10H11Sm. The molecule has 2 aliphatic carbocycles. The molecule has 0 aromatic rings. The number of allylic oxidation sites excluding steroid dienone is 8. The summed E-state index contributed by atoms with van der Waals surface area (Å²) in [4.78, 5) is 0. The first-order valence-corrected chi connectivity index (χ1v) is 6.46. The monoisotopic (exact) mass is 283 g/mol. The van der Waals surface area contributed by atoms with Crippen LogP contribution in [0.2, 0.25) is 0 Å². The van der Waals surface area contributed by atoms with E-state index in [9.17, 15) is 0 Å². The van der Waals surface area contributed by atoms with Crippen LogP contribution in [0.3, 0.4) is 0 Å². The molecule has 0 N–H and O–H groups in total. The molecular weight excluding hydrogens is 270 g/mol. The molecule has 11 heavy (non-hydrogen) atoms. The van der Waals surface area contributed by atoms with Gasteiger partial charge in [0.1, 0.15) is 0 Å². The quantitative estimate of drug-likeness (QED) is 0.730. The van der Waals surface area contributed by atoms with Gasteiger partial charge in [0.2, 0.25) is 0 Å². The Bertz CT molecular complexity index is 244. The van der Waals surface area contributed by atoms with Crippen LogP contribution in [-0.4, -0.2) is 0 Å². The normalized spacial score (nSPS) is 20.4. The minimum absolute atomic E-state index is 0. The standard InChI is InChI=1S/2C5H5.Sm.H/c2*1-2-4-5-3-1;;/h2*1-3H,4H2;;/q;;+1;-1. The van der Waals surface area contributed by atoms with E-state index in [2.05, 4.69) is 36.5 Å². The van der Waals surface area contributed by atoms with Gasteiger partial charge in [-0.3, -0.25) is 0 Å². The van der Waals surface area contributed by atoms with Crippen LogP contribution in [0, 0.1) is 36.3 Å². The van der Waals surface area contributed by atoms with Crippen LogP contribution >= 0.6 is 0 Å². The summed E-state index contributed by atoms with van der Waals surface area (Å²) in [6.45, 7) is 0. The van der Waals surface area contributed by atoms with E-state index in [0.29, 0.717) is 0 Å². The van der Waals surface area contributed by atoms with E-state index >= 15 is 0 Å². The molecule has 0 unspecified atom stereocenters. The van der Waals surface area contributed by atoms with Crippen molar-refractivity contribution in [3.8, 4) is 0 Å². The maximum atomic E-state index is 2.31. The van der Waals surface area contributed by atoms with E-state index in [1.54, 1.807) is 2.58 Å². The summed E-state index contributed by atoms with van der Waals surface area (Å²) in [5, 5.41) is 0. The van der Waals surface area contributed by atoms with E-state index in [4.69, 9.17) is 0 Å². The average Bonchev–Trinajstić information content (AvgIpc) is 2.60. The minimum atomic E-state index is -0.282. The van der Waals surface area contributed by atoms with Crippen LogP contribution in [0.4, 0.5) is 0 Å². The topological polar surface area (TPSA) is 0 Å². The summed E-state index contributed by atoms with van der Waals surface area (Å²) in [5.41, 5.74) is 0. The van der Waals surface area contributed by atoms with Crippen molar-refractivity contribution in [2.75, 3.05) is 0 Å². The molecule has 2 aliphatic rings. The third-order valence-electron chi connectivity index (χ3n) is 1.74. The number of hydrogen-bond donors (Lipinski definition) is 0. The molecule has 0 spiro atoms. The second-order valence-electron chi connectivity index (χ2n) is 2.63. The molecule has 2 rings (SSSR count). The first-order chi connectivity index (χ1) is 5.45. The van der Waals surface area contributed by atoms with Gasteiger partial charge in [-0.05, 0) is 0 Å². The molecule has 57 valence electrons. The summed E-state index contributed by atoms with van der Waals surface area (Å²) in [6.07, 6.45) is 16.0. The van der Waals surface area contributed by atoms with Crippen LogP contribution < -0.4 is 0 Å². The molecule has 0 aliphatic heterocycles. The van der Waals surface area contributed by atoms with Crippen LogP contribution in [0.1, 0.15) is 14.3 Å². The summed E-state index contributed by atoms with van der Waals surface area (Å²) in [7, 11) is 0. The maximum absolute atomic E-state index is 2.31. The van der Waals surface area contributed by atoms with E-state index in [1.807, 2.05) is 0 Å². The molecule has 0 atom stereocenters. The van der Waals surface area contributed by atoms with Crippen molar-refractivity contribution in [1.29, 1.82) is 0 Å². The van der Waals surface area contributed by atoms with Crippen LogP contribution in [0.15, 0.2) is 39.0 Å². The van der Waals surface area contributed by atoms with Crippen molar-refractivity contribution in [3.63, 3.8) is 0 Å². The van der Waals surface area contributed by atoms with Gasteiger partial charge < -0.3 is 1.43 Å². The maximum Gasteiger partial charge on any atom is -1.00 e. The Hall–Kier alpha value is 0.298. The van der Waals surface area contributed by atoms with Crippen molar-refractivity contribution in [2.45, 2.75) is 12.8 Å². The predicted octanol–water partition coefficient (Wildman–Crippen LogP) is 2.87. The first kappa shape index (κ1) is 7.92. The Morgan fingerprint density at radius 2 is 1.55 bits per heavy atom. The minimum Gasteiger partial charge on any atom is -1.00 e. The molecule has 0 nitrogen and oxygen atoms in total. The fourth-order valence-corrected chi connectivity index (χ4v) is 4.35. The Labute approximate surface area is 88.7 Å². The van der Waals surface area contributed by atoms with Crippen molar-refractivity contribution in [1.82, 2.24) is 0 Å². The largest absolute Gasteiger partial charge is 1.00 e. The molecule has 0 amide bonds. The Morgan fingerprint density at radius 3 is 1.91 bits per heavy atom. The third-order valence-corrected chi connectivity index (χ3v) is 5.36. The number of rotatable bonds is 2. The molecule has 0 radical (unpaired) electrons. The Kier molecular flexibility index (Phi) is 2.74. The molecule has 0 aromatic carbocycles. The van der Waals surface area contributed by atoms with Gasteiger partial charge in [-0.2, -0.15) is 0 Å². The van der Waals surface area contributed by atoms with E-state index in [0.717, 1.165) is 0 Å². The van der Waals surface area contributed by atoms with Gasteiger partial charge in [-0.1, -0.05) is 0 Å². The molecule has 0 bridgehead atoms. The van der Waals surface area contributed by atoms with Gasteiger partial charge in [-0.25, -0.2) is 0 Å². The average molecular weight is 282 g/mol. The second-order valence-corrected chi connectivity index (χ2v) is 6.65. The van der Waals surface area contributed by atoms with E-state index < -0.39 is 0 Å². The summed E-state index contributed by atoms with van der Waals surface area (Å²) in [5.74, 6) is 0. The Balaban J connectivity index is 0.000000720. The molecule has 1 heteroatoms. The zero-order valence-corrected chi connectivity index (χ0v) is 8.91. The van der Waals surface area contributed by atoms with Crippen LogP contribution in [0.25, 0.3) is 0 Å². The summed E-state index contributed by atoms with van der Waals surface area (Å²) >= 11 is -0.282. The van der Waals surface area contributed by atoms with E-state index in [1.165, 1.54) is 12.8 Å². The first-order valence-electron chi connectivity index (χ1n) is 3.84. The van der Waals surface area contributed by atoms with Crippen molar-refractivity contribution < 1.29 is 37.7 Å². The fraction of sp³-hybridized carbons (Fsp3) is 0.200. The molecule has 0 saturated carbocycles. The summed E-state index contributed by atoms with van der Waals surface area (Å²) < 4.78 is 3.44. The van der Waals surface area contributed by atoms with Gasteiger partial charge in [-0.15, -0.1) is 0 Å². The van der Waals surface area contributed by atoms with Gasteiger partial charge >= 0.3 is 88.2 Å². The molecule has 0 aromatic heterocycles. The van der Waals surface area contributed by atoms with Gasteiger partial charge in [0, 0.05) is 0 Å². The van der Waals surface area contributed by atoms with Gasteiger partial charge in [0.25, 0.3) is 0 Å². The van der Waals surface area contributed by atoms with Crippen molar-refractivity contribution >= 4 is 0 Å². The zero-order chi connectivity index (χ0) is 7.52. The third kappa shape index (κ3) is 2.12. The zero-order valence-electron chi connectivity index (χ0n) is 7.29. The predicted molar refractivity (Wildman–Crippen MR) is 44.8 cm³/mol. The Morgan fingerprint density at radius 1 is 1.00 bits per heavy atom. The SMILES string of the molecule is C1=CC[C]([Sm+][C]2=CC=CC2)=C1.[H-]. The summed E-state index contributed by atoms with van der Waals surface area (Å²) in [6, 6.07) is 0. The smallest absolute Gasteiger partial charge is 1.00 e. The molecule has 0 heterocycles. The van der Waals surface area contributed by atoms with Crippen LogP contribution in [-0.2, 0) is 0 Å². The molecule has 0 fully saturated rings. The van der Waals surface area contributed by atoms with Gasteiger partial charge in [0.15, 0.2) is 0 Å². The molecule has 0 saturated heterocycles. The van der Waals surface area contributed by atoms with E-state index in [-0.39, 0.29) is 37.7 Å². The second kappa shape index (κ2) is 3.80. The van der Waals surface area contributed by atoms with Crippen molar-refractivity contribution in [3.05, 3.63) is 39.0 Å². The van der Waals surface area contributed by atoms with Crippen molar-refractivity contribution in [2.24, 2.45) is 0 Å². The number of hydrogen-bond acceptors (Lipinski definition) is 0. The van der Waals surface area contributed by atoms with Crippen LogP contribution in [0.5, 0.6) is 0 Å². The van der Waals surface area contributed by atoms with Gasteiger partial charge in [0.05, 0.1) is 0 Å². The fourth-order valence-electron chi connectivity index (χ4n) is 1.17.